The quantitative estimate of drug-likeness (QED) is 0.802. The minimum absolute atomic E-state index is 0.154. The number of hydrogen-bond donors (Lipinski definition) is 0. The third kappa shape index (κ3) is 6.57. The number of carbonyl (C=O) groups is 1. The van der Waals surface area contributed by atoms with E-state index < -0.39 is 12.7 Å². The molecule has 1 aromatic heterocycles. The van der Waals surface area contributed by atoms with Crippen LogP contribution in [0.4, 0.5) is 13.2 Å². The van der Waals surface area contributed by atoms with Crippen LogP contribution in [-0.2, 0) is 12.8 Å². The zero-order valence-electron chi connectivity index (χ0n) is 14.3. The van der Waals surface area contributed by atoms with Crippen molar-refractivity contribution in [3.63, 3.8) is 0 Å². The summed E-state index contributed by atoms with van der Waals surface area (Å²) in [7, 11) is 0. The molecule has 134 valence electrons. The second-order valence-electron chi connectivity index (χ2n) is 6.38. The maximum absolute atomic E-state index is 12.3. The Kier molecular flexibility index (Phi) is 6.17. The first-order chi connectivity index (χ1) is 11.7. The SMILES string of the molecule is CC(C)Cc1ccc(CC(=O)n2ccc(=NCC(F)(F)F)cc2)cc1. The van der Waals surface area contributed by atoms with Crippen molar-refractivity contribution in [2.75, 3.05) is 6.54 Å². The molecule has 0 fully saturated rings. The van der Waals surface area contributed by atoms with Crippen LogP contribution < -0.4 is 5.36 Å². The molecule has 3 nitrogen and oxygen atoms in total. The van der Waals surface area contributed by atoms with Crippen LogP contribution in [0.5, 0.6) is 0 Å². The first kappa shape index (κ1) is 19.0. The highest BCUT2D eigenvalue weighted by molar-refractivity contribution is 5.81. The Labute approximate surface area is 144 Å². The van der Waals surface area contributed by atoms with Crippen molar-refractivity contribution in [3.05, 3.63) is 65.3 Å². The summed E-state index contributed by atoms with van der Waals surface area (Å²) >= 11 is 0. The summed E-state index contributed by atoms with van der Waals surface area (Å²) < 4.78 is 37.8. The van der Waals surface area contributed by atoms with E-state index in [0.29, 0.717) is 5.92 Å². The van der Waals surface area contributed by atoms with Gasteiger partial charge < -0.3 is 0 Å². The molecular formula is C19H21F3N2O. The normalized spacial score (nSPS) is 11.6. The highest BCUT2D eigenvalue weighted by atomic mass is 19.4. The number of nitrogens with zero attached hydrogens (tertiary/aromatic N) is 2. The van der Waals surface area contributed by atoms with Gasteiger partial charge in [0.25, 0.3) is 0 Å². The zero-order chi connectivity index (χ0) is 18.4. The number of aromatic nitrogens is 1. The van der Waals surface area contributed by atoms with Crippen LogP contribution in [-0.4, -0.2) is 23.2 Å². The molecule has 6 heteroatoms. The van der Waals surface area contributed by atoms with E-state index in [1.807, 2.05) is 24.3 Å². The topological polar surface area (TPSA) is 34.4 Å². The molecule has 2 rings (SSSR count). The average molecular weight is 350 g/mol. The van der Waals surface area contributed by atoms with Gasteiger partial charge in [0.1, 0.15) is 6.54 Å². The minimum Gasteiger partial charge on any atom is -0.294 e. The third-order valence-corrected chi connectivity index (χ3v) is 3.56. The Morgan fingerprint density at radius 2 is 1.60 bits per heavy atom. The standard InChI is InChI=1S/C19H21F3N2O/c1-14(2)11-15-3-5-16(6-4-15)12-18(25)24-9-7-17(8-10-24)23-13-19(20,21)22/h3-10,14H,11-13H2,1-2H3. The molecular weight excluding hydrogens is 329 g/mol. The van der Waals surface area contributed by atoms with Crippen molar-refractivity contribution < 1.29 is 18.0 Å². The number of rotatable bonds is 5. The maximum Gasteiger partial charge on any atom is 0.407 e. The zero-order valence-corrected chi connectivity index (χ0v) is 14.3. The monoisotopic (exact) mass is 350 g/mol. The van der Waals surface area contributed by atoms with Gasteiger partial charge in [-0.25, -0.2) is 0 Å². The molecule has 0 amide bonds. The van der Waals surface area contributed by atoms with Crippen molar-refractivity contribution in [2.24, 2.45) is 10.9 Å². The van der Waals surface area contributed by atoms with Crippen molar-refractivity contribution in [1.82, 2.24) is 4.57 Å². The number of halogens is 3. The summed E-state index contributed by atoms with van der Waals surface area (Å²) in [6, 6.07) is 10.7. The number of carbonyl (C=O) groups excluding carboxylic acids is 1. The van der Waals surface area contributed by atoms with E-state index in [1.54, 1.807) is 0 Å². The second-order valence-corrected chi connectivity index (χ2v) is 6.38. The van der Waals surface area contributed by atoms with Crippen LogP contribution >= 0.6 is 0 Å². The fourth-order valence-electron chi connectivity index (χ4n) is 2.40. The molecule has 2 aromatic rings. The first-order valence-corrected chi connectivity index (χ1v) is 8.09. The third-order valence-electron chi connectivity index (χ3n) is 3.56. The molecule has 0 radical (unpaired) electrons. The lowest BCUT2D eigenvalue weighted by Crippen LogP contribution is -2.18. The lowest BCUT2D eigenvalue weighted by molar-refractivity contribution is -0.118. The van der Waals surface area contributed by atoms with E-state index in [9.17, 15) is 18.0 Å². The molecule has 0 saturated carbocycles. The number of pyridine rings is 1. The lowest BCUT2D eigenvalue weighted by Gasteiger charge is -2.08. The molecule has 1 aromatic carbocycles. The molecule has 0 N–H and O–H groups in total. The molecule has 0 atom stereocenters. The summed E-state index contributed by atoms with van der Waals surface area (Å²) in [5.74, 6) is 0.420. The summed E-state index contributed by atoms with van der Waals surface area (Å²) in [4.78, 5) is 15.7. The highest BCUT2D eigenvalue weighted by Gasteiger charge is 2.25. The van der Waals surface area contributed by atoms with Gasteiger partial charge in [-0.1, -0.05) is 38.1 Å². The predicted octanol–water partition coefficient (Wildman–Crippen LogP) is 4.03. The van der Waals surface area contributed by atoms with Crippen molar-refractivity contribution in [2.45, 2.75) is 32.9 Å². The summed E-state index contributed by atoms with van der Waals surface area (Å²) in [5, 5.41) is 0.194. The van der Waals surface area contributed by atoms with Gasteiger partial charge in [0.05, 0.1) is 11.8 Å². The van der Waals surface area contributed by atoms with Gasteiger partial charge in [0.2, 0.25) is 5.91 Å². The molecule has 0 unspecified atom stereocenters. The Morgan fingerprint density at radius 3 is 2.12 bits per heavy atom. The number of alkyl halides is 3. The van der Waals surface area contributed by atoms with E-state index in [4.69, 9.17) is 0 Å². The smallest absolute Gasteiger partial charge is 0.294 e. The predicted molar refractivity (Wildman–Crippen MR) is 90.2 cm³/mol. The van der Waals surface area contributed by atoms with E-state index in [-0.39, 0.29) is 17.7 Å². The van der Waals surface area contributed by atoms with E-state index in [0.717, 1.165) is 12.0 Å². The van der Waals surface area contributed by atoms with Gasteiger partial charge in [-0.2, -0.15) is 13.2 Å². The fraction of sp³-hybridized carbons (Fsp3) is 0.368. The molecule has 0 aliphatic heterocycles. The van der Waals surface area contributed by atoms with E-state index >= 15 is 0 Å². The molecule has 0 aliphatic carbocycles. The van der Waals surface area contributed by atoms with E-state index in [2.05, 4.69) is 18.8 Å². The van der Waals surface area contributed by atoms with Crippen molar-refractivity contribution in [3.8, 4) is 0 Å². The average Bonchev–Trinajstić information content (AvgIpc) is 2.54. The minimum atomic E-state index is -4.33. The van der Waals surface area contributed by atoms with Crippen LogP contribution in [0.25, 0.3) is 0 Å². The Balaban J connectivity index is 2.01. The molecule has 0 bridgehead atoms. The number of hydrogen-bond acceptors (Lipinski definition) is 2. The molecule has 0 spiro atoms. The highest BCUT2D eigenvalue weighted by Crippen LogP contribution is 2.14. The van der Waals surface area contributed by atoms with Gasteiger partial charge in [-0.15, -0.1) is 0 Å². The van der Waals surface area contributed by atoms with Crippen molar-refractivity contribution in [1.29, 1.82) is 0 Å². The van der Waals surface area contributed by atoms with Gasteiger partial charge in [0.15, 0.2) is 0 Å². The van der Waals surface area contributed by atoms with Gasteiger partial charge in [0, 0.05) is 12.4 Å². The summed E-state index contributed by atoms with van der Waals surface area (Å²) in [6.07, 6.45) is -0.240. The lowest BCUT2D eigenvalue weighted by atomic mass is 10.0. The summed E-state index contributed by atoms with van der Waals surface area (Å²) in [6.45, 7) is 3.07. The van der Waals surface area contributed by atoms with Crippen LogP contribution in [0.3, 0.4) is 0 Å². The fourth-order valence-corrected chi connectivity index (χ4v) is 2.40. The number of benzene rings is 1. The van der Waals surface area contributed by atoms with E-state index in [1.165, 1.54) is 34.7 Å². The maximum atomic E-state index is 12.3. The largest absolute Gasteiger partial charge is 0.407 e. The Morgan fingerprint density at radius 1 is 1.04 bits per heavy atom. The first-order valence-electron chi connectivity index (χ1n) is 8.09. The molecule has 0 aliphatic rings. The van der Waals surface area contributed by atoms with Crippen LogP contribution in [0, 0.1) is 5.92 Å². The van der Waals surface area contributed by atoms with Crippen molar-refractivity contribution >= 4 is 5.91 Å². The van der Waals surface area contributed by atoms with Crippen LogP contribution in [0.1, 0.15) is 29.8 Å². The molecule has 0 saturated heterocycles. The van der Waals surface area contributed by atoms with Gasteiger partial charge in [-0.05, 0) is 35.6 Å². The molecule has 1 heterocycles. The van der Waals surface area contributed by atoms with Gasteiger partial charge >= 0.3 is 6.18 Å². The summed E-state index contributed by atoms with van der Waals surface area (Å²) in [5.41, 5.74) is 2.13. The Hall–Kier alpha value is -2.37. The second kappa shape index (κ2) is 8.14. The van der Waals surface area contributed by atoms with Gasteiger partial charge in [-0.3, -0.25) is 14.4 Å². The van der Waals surface area contributed by atoms with Crippen LogP contribution in [0.15, 0.2) is 53.8 Å². The molecule has 25 heavy (non-hydrogen) atoms. The van der Waals surface area contributed by atoms with Crippen LogP contribution in [0.2, 0.25) is 0 Å². The Bertz CT molecular complexity index is 754.